The first kappa shape index (κ1) is 12.3. The first-order valence-electron chi connectivity index (χ1n) is 4.81. The maximum absolute atomic E-state index is 13.5. The Morgan fingerprint density at radius 2 is 2.06 bits per heavy atom. The highest BCUT2D eigenvalue weighted by Gasteiger charge is 2.08. The fourth-order valence-corrected chi connectivity index (χ4v) is 1.75. The number of hydrogen-bond acceptors (Lipinski definition) is 2. The van der Waals surface area contributed by atoms with Gasteiger partial charge in [0, 0.05) is 22.3 Å². The average Bonchev–Trinajstić information content (AvgIpc) is 2.28. The molecule has 88 valence electrons. The van der Waals surface area contributed by atoms with Gasteiger partial charge in [-0.1, -0.05) is 27.5 Å². The summed E-state index contributed by atoms with van der Waals surface area (Å²) in [5, 5.41) is 0.306. The molecule has 1 heterocycles. The average molecular weight is 317 g/mol. The van der Waals surface area contributed by atoms with Gasteiger partial charge < -0.3 is 4.74 Å². The number of halogens is 3. The molecule has 5 heteroatoms. The van der Waals surface area contributed by atoms with Gasteiger partial charge in [-0.25, -0.2) is 9.37 Å². The Labute approximate surface area is 112 Å². The molecule has 17 heavy (non-hydrogen) atoms. The van der Waals surface area contributed by atoms with E-state index in [1.165, 1.54) is 6.07 Å². The molecule has 0 unspecified atom stereocenters. The summed E-state index contributed by atoms with van der Waals surface area (Å²) < 4.78 is 19.7. The minimum absolute atomic E-state index is 0.143. The molecule has 0 saturated heterocycles. The third kappa shape index (κ3) is 2.96. The van der Waals surface area contributed by atoms with Crippen LogP contribution in [0, 0.1) is 12.7 Å². The predicted molar refractivity (Wildman–Crippen MR) is 68.2 cm³/mol. The molecule has 1 aromatic carbocycles. The third-order valence-electron chi connectivity index (χ3n) is 2.13. The van der Waals surface area contributed by atoms with Crippen LogP contribution in [0.2, 0.25) is 5.15 Å². The lowest BCUT2D eigenvalue weighted by atomic mass is 10.3. The topological polar surface area (TPSA) is 22.1 Å². The number of ether oxygens (including phenoxy) is 1. The number of hydrogen-bond donors (Lipinski definition) is 0. The molecule has 0 spiro atoms. The molecule has 0 aliphatic carbocycles. The molecule has 2 aromatic rings. The fourth-order valence-electron chi connectivity index (χ4n) is 1.27. The molecule has 0 amide bonds. The van der Waals surface area contributed by atoms with Gasteiger partial charge in [-0.2, -0.15) is 0 Å². The van der Waals surface area contributed by atoms with Crippen molar-refractivity contribution in [3.63, 3.8) is 0 Å². The minimum atomic E-state index is -0.430. The molecule has 1 aromatic heterocycles. The summed E-state index contributed by atoms with van der Waals surface area (Å²) >= 11 is 9.02. The lowest BCUT2D eigenvalue weighted by Crippen LogP contribution is -1.92. The molecule has 0 saturated carbocycles. The second-order valence-electron chi connectivity index (χ2n) is 3.45. The molecule has 0 fully saturated rings. The van der Waals surface area contributed by atoms with Crippen molar-refractivity contribution in [2.75, 3.05) is 0 Å². The summed E-state index contributed by atoms with van der Waals surface area (Å²) in [7, 11) is 0. The number of aryl methyl sites for hydroxylation is 1. The highest BCUT2D eigenvalue weighted by atomic mass is 79.9. The van der Waals surface area contributed by atoms with E-state index in [4.69, 9.17) is 16.3 Å². The van der Waals surface area contributed by atoms with Crippen LogP contribution in [0.5, 0.6) is 11.5 Å². The predicted octanol–water partition coefficient (Wildman–Crippen LogP) is 4.74. The van der Waals surface area contributed by atoms with Crippen molar-refractivity contribution in [3.8, 4) is 11.5 Å². The van der Waals surface area contributed by atoms with Crippen LogP contribution in [0.25, 0.3) is 0 Å². The maximum atomic E-state index is 13.5. The van der Waals surface area contributed by atoms with Crippen LogP contribution >= 0.6 is 27.5 Å². The number of aromatic nitrogens is 1. The summed E-state index contributed by atoms with van der Waals surface area (Å²) in [5.74, 6) is 0.201. The second kappa shape index (κ2) is 5.02. The highest BCUT2D eigenvalue weighted by molar-refractivity contribution is 9.10. The zero-order chi connectivity index (χ0) is 12.4. The summed E-state index contributed by atoms with van der Waals surface area (Å²) in [6, 6.07) is 6.05. The van der Waals surface area contributed by atoms with Gasteiger partial charge in [0.05, 0.1) is 0 Å². The van der Waals surface area contributed by atoms with Crippen LogP contribution in [0.3, 0.4) is 0 Å². The standard InChI is InChI=1S/C12H8BrClFNO/c1-7-6-16-12(14)5-10(7)17-11-4-8(13)2-3-9(11)15/h2-6H,1H3. The molecule has 0 N–H and O–H groups in total. The zero-order valence-electron chi connectivity index (χ0n) is 8.88. The van der Waals surface area contributed by atoms with Crippen molar-refractivity contribution < 1.29 is 9.13 Å². The lowest BCUT2D eigenvalue weighted by molar-refractivity contribution is 0.438. The van der Waals surface area contributed by atoms with Gasteiger partial charge in [-0.15, -0.1) is 0 Å². The smallest absolute Gasteiger partial charge is 0.165 e. The van der Waals surface area contributed by atoms with E-state index in [0.717, 1.165) is 10.0 Å². The van der Waals surface area contributed by atoms with E-state index < -0.39 is 5.82 Å². The van der Waals surface area contributed by atoms with Crippen LogP contribution in [-0.4, -0.2) is 4.98 Å². The van der Waals surface area contributed by atoms with E-state index in [9.17, 15) is 4.39 Å². The maximum Gasteiger partial charge on any atom is 0.165 e. The Kier molecular flexibility index (Phi) is 3.64. The first-order chi connectivity index (χ1) is 8.06. The molecule has 0 aliphatic heterocycles. The number of nitrogens with zero attached hydrogens (tertiary/aromatic N) is 1. The molecule has 0 aliphatic rings. The van der Waals surface area contributed by atoms with Gasteiger partial charge >= 0.3 is 0 Å². The Hall–Kier alpha value is -1.13. The Morgan fingerprint density at radius 3 is 2.82 bits per heavy atom. The molecule has 0 bridgehead atoms. The Morgan fingerprint density at radius 1 is 1.29 bits per heavy atom. The van der Waals surface area contributed by atoms with Crippen molar-refractivity contribution in [1.82, 2.24) is 4.98 Å². The summed E-state index contributed by atoms with van der Waals surface area (Å²) in [6.45, 7) is 1.81. The lowest BCUT2D eigenvalue weighted by Gasteiger charge is -2.09. The summed E-state index contributed by atoms with van der Waals surface area (Å²) in [5.41, 5.74) is 0.786. The van der Waals surface area contributed by atoms with Crippen molar-refractivity contribution >= 4 is 27.5 Å². The van der Waals surface area contributed by atoms with E-state index in [1.807, 2.05) is 6.92 Å². The molecular formula is C12H8BrClFNO. The van der Waals surface area contributed by atoms with E-state index in [-0.39, 0.29) is 5.75 Å². The number of benzene rings is 1. The van der Waals surface area contributed by atoms with Gasteiger partial charge in [0.1, 0.15) is 10.9 Å². The molecular weight excluding hydrogens is 308 g/mol. The van der Waals surface area contributed by atoms with Crippen molar-refractivity contribution in [3.05, 3.63) is 51.5 Å². The van der Waals surface area contributed by atoms with Crippen molar-refractivity contribution in [2.45, 2.75) is 6.92 Å². The van der Waals surface area contributed by atoms with Crippen LogP contribution in [0.4, 0.5) is 4.39 Å². The van der Waals surface area contributed by atoms with E-state index in [1.54, 1.807) is 24.4 Å². The summed E-state index contributed by atoms with van der Waals surface area (Å²) in [4.78, 5) is 3.90. The Balaban J connectivity index is 2.37. The van der Waals surface area contributed by atoms with Gasteiger partial charge in [0.25, 0.3) is 0 Å². The SMILES string of the molecule is Cc1cnc(Cl)cc1Oc1cc(Br)ccc1F. The van der Waals surface area contributed by atoms with Crippen LogP contribution < -0.4 is 4.74 Å². The number of rotatable bonds is 2. The van der Waals surface area contributed by atoms with Crippen LogP contribution in [0.1, 0.15) is 5.56 Å². The molecule has 0 radical (unpaired) electrons. The van der Waals surface area contributed by atoms with E-state index in [2.05, 4.69) is 20.9 Å². The highest BCUT2D eigenvalue weighted by Crippen LogP contribution is 2.30. The minimum Gasteiger partial charge on any atom is -0.454 e. The number of pyridine rings is 1. The van der Waals surface area contributed by atoms with Crippen LogP contribution in [0.15, 0.2) is 34.9 Å². The zero-order valence-corrected chi connectivity index (χ0v) is 11.2. The molecule has 2 nitrogen and oxygen atoms in total. The quantitative estimate of drug-likeness (QED) is 0.747. The monoisotopic (exact) mass is 315 g/mol. The third-order valence-corrected chi connectivity index (χ3v) is 2.83. The van der Waals surface area contributed by atoms with Gasteiger partial charge in [-0.05, 0) is 25.1 Å². The second-order valence-corrected chi connectivity index (χ2v) is 4.75. The van der Waals surface area contributed by atoms with Crippen molar-refractivity contribution in [1.29, 1.82) is 0 Å². The molecule has 2 rings (SSSR count). The van der Waals surface area contributed by atoms with Crippen LogP contribution in [-0.2, 0) is 0 Å². The van der Waals surface area contributed by atoms with Gasteiger partial charge in [-0.3, -0.25) is 0 Å². The Bertz CT molecular complexity index is 513. The van der Waals surface area contributed by atoms with E-state index >= 15 is 0 Å². The van der Waals surface area contributed by atoms with E-state index in [0.29, 0.717) is 10.9 Å². The summed E-state index contributed by atoms with van der Waals surface area (Å²) in [6.07, 6.45) is 1.58. The van der Waals surface area contributed by atoms with Gasteiger partial charge in [0.15, 0.2) is 11.6 Å². The normalized spacial score (nSPS) is 10.4. The molecule has 0 atom stereocenters. The first-order valence-corrected chi connectivity index (χ1v) is 5.98. The largest absolute Gasteiger partial charge is 0.454 e. The van der Waals surface area contributed by atoms with Crippen molar-refractivity contribution in [2.24, 2.45) is 0 Å². The fraction of sp³-hybridized carbons (Fsp3) is 0.0833. The van der Waals surface area contributed by atoms with Gasteiger partial charge in [0.2, 0.25) is 0 Å².